The second-order valence-electron chi connectivity index (χ2n) is 8.80. The zero-order valence-corrected chi connectivity index (χ0v) is 22.6. The van der Waals surface area contributed by atoms with Crippen LogP contribution in [-0.2, 0) is 9.53 Å². The molecule has 0 saturated heterocycles. The molecule has 1 aliphatic rings. The molecule has 0 radical (unpaired) electrons. The van der Waals surface area contributed by atoms with Crippen molar-refractivity contribution in [2.45, 2.75) is 52.9 Å². The van der Waals surface area contributed by atoms with Crippen LogP contribution in [0.2, 0.25) is 0 Å². The van der Waals surface area contributed by atoms with Gasteiger partial charge in [0.05, 0.1) is 34.1 Å². The Kier molecular flexibility index (Phi) is 7.42. The summed E-state index contributed by atoms with van der Waals surface area (Å²) in [7, 11) is 0. The normalized spacial score (nSPS) is 15.9. The fraction of sp³-hybridized carbons (Fsp3) is 0.296. The molecule has 6 nitrogen and oxygen atoms in total. The van der Waals surface area contributed by atoms with Crippen LogP contribution in [0.25, 0.3) is 6.08 Å². The Morgan fingerprint density at radius 3 is 2.49 bits per heavy atom. The van der Waals surface area contributed by atoms with Crippen molar-refractivity contribution in [3.63, 3.8) is 0 Å². The first-order chi connectivity index (χ1) is 16.7. The van der Waals surface area contributed by atoms with Gasteiger partial charge in [-0.1, -0.05) is 57.6 Å². The molecule has 1 atom stereocenters. The minimum absolute atomic E-state index is 0.0141. The molecule has 2 aromatic carbocycles. The van der Waals surface area contributed by atoms with Crippen molar-refractivity contribution in [3.05, 3.63) is 95.1 Å². The quantitative estimate of drug-likeness (QED) is 0.413. The SMILES string of the molecule is CC1=C(C(=O)OC(C)C)C(c2ccccc2)n2c(sc(=Cc3cc(Br)ccc3OC(C)C)c2=O)=N1. The summed E-state index contributed by atoms with van der Waals surface area (Å²) >= 11 is 4.80. The Balaban J connectivity index is 1.94. The molecule has 0 aliphatic carbocycles. The van der Waals surface area contributed by atoms with Crippen molar-refractivity contribution in [2.24, 2.45) is 4.99 Å². The zero-order valence-electron chi connectivity index (χ0n) is 20.2. The number of hydrogen-bond donors (Lipinski definition) is 0. The van der Waals surface area contributed by atoms with Crippen LogP contribution in [0.5, 0.6) is 5.75 Å². The van der Waals surface area contributed by atoms with Gasteiger partial charge in [-0.2, -0.15) is 0 Å². The molecule has 0 fully saturated rings. The third-order valence-corrected chi connectivity index (χ3v) is 6.80. The number of esters is 1. The van der Waals surface area contributed by atoms with Gasteiger partial charge in [0.2, 0.25) is 0 Å². The van der Waals surface area contributed by atoms with E-state index in [-0.39, 0.29) is 17.8 Å². The Morgan fingerprint density at radius 2 is 1.83 bits per heavy atom. The molecule has 2 heterocycles. The lowest BCUT2D eigenvalue weighted by molar-refractivity contribution is -0.143. The van der Waals surface area contributed by atoms with Crippen molar-refractivity contribution in [3.8, 4) is 5.75 Å². The molecule has 0 saturated carbocycles. The Labute approximate surface area is 216 Å². The van der Waals surface area contributed by atoms with Crippen LogP contribution >= 0.6 is 27.3 Å². The number of ether oxygens (including phenoxy) is 2. The summed E-state index contributed by atoms with van der Waals surface area (Å²) in [6, 6.07) is 14.6. The first kappa shape index (κ1) is 25.1. The molecule has 3 aromatic rings. The van der Waals surface area contributed by atoms with Crippen LogP contribution in [0.15, 0.2) is 74.1 Å². The molecule has 0 spiro atoms. The molecule has 0 N–H and O–H groups in total. The summed E-state index contributed by atoms with van der Waals surface area (Å²) < 4.78 is 14.5. The van der Waals surface area contributed by atoms with E-state index in [2.05, 4.69) is 20.9 Å². The van der Waals surface area contributed by atoms with Crippen molar-refractivity contribution >= 4 is 39.3 Å². The molecule has 8 heteroatoms. The summed E-state index contributed by atoms with van der Waals surface area (Å²) in [5, 5.41) is 0. The maximum absolute atomic E-state index is 13.8. The van der Waals surface area contributed by atoms with Gasteiger partial charge in [-0.05, 0) is 64.5 Å². The van der Waals surface area contributed by atoms with Crippen LogP contribution in [0.4, 0.5) is 0 Å². The molecule has 1 aromatic heterocycles. The first-order valence-corrected chi connectivity index (χ1v) is 13.0. The third kappa shape index (κ3) is 5.33. The molecule has 1 unspecified atom stereocenters. The van der Waals surface area contributed by atoms with E-state index in [9.17, 15) is 9.59 Å². The lowest BCUT2D eigenvalue weighted by Gasteiger charge is -2.25. The number of rotatable bonds is 6. The number of halogens is 1. The lowest BCUT2D eigenvalue weighted by Crippen LogP contribution is -2.40. The number of fused-ring (bicyclic) bond motifs is 1. The number of aromatic nitrogens is 1. The predicted molar refractivity (Wildman–Crippen MR) is 141 cm³/mol. The van der Waals surface area contributed by atoms with E-state index < -0.39 is 12.0 Å². The van der Waals surface area contributed by atoms with Crippen LogP contribution in [0, 0.1) is 0 Å². The average Bonchev–Trinajstić information content (AvgIpc) is 3.09. The molecule has 182 valence electrons. The highest BCUT2D eigenvalue weighted by molar-refractivity contribution is 9.10. The van der Waals surface area contributed by atoms with Gasteiger partial charge in [-0.3, -0.25) is 9.36 Å². The maximum atomic E-state index is 13.8. The van der Waals surface area contributed by atoms with Crippen LogP contribution in [0.3, 0.4) is 0 Å². The number of benzene rings is 2. The van der Waals surface area contributed by atoms with E-state index in [0.717, 1.165) is 15.6 Å². The Morgan fingerprint density at radius 1 is 1.11 bits per heavy atom. The van der Waals surface area contributed by atoms with E-state index in [1.165, 1.54) is 11.3 Å². The van der Waals surface area contributed by atoms with Gasteiger partial charge in [0.15, 0.2) is 4.80 Å². The number of thiazole rings is 1. The van der Waals surface area contributed by atoms with Gasteiger partial charge in [0.1, 0.15) is 5.75 Å². The fourth-order valence-electron chi connectivity index (χ4n) is 3.95. The highest BCUT2D eigenvalue weighted by atomic mass is 79.9. The van der Waals surface area contributed by atoms with Gasteiger partial charge < -0.3 is 9.47 Å². The summed E-state index contributed by atoms with van der Waals surface area (Å²) in [5.74, 6) is 0.218. The van der Waals surface area contributed by atoms with Gasteiger partial charge >= 0.3 is 5.97 Å². The Bertz CT molecular complexity index is 1470. The van der Waals surface area contributed by atoms with Gasteiger partial charge in [-0.25, -0.2) is 9.79 Å². The van der Waals surface area contributed by atoms with Crippen LogP contribution in [0.1, 0.15) is 51.8 Å². The molecule has 35 heavy (non-hydrogen) atoms. The lowest BCUT2D eigenvalue weighted by atomic mass is 9.96. The maximum Gasteiger partial charge on any atom is 0.338 e. The van der Waals surface area contributed by atoms with E-state index in [4.69, 9.17) is 9.47 Å². The molecule has 0 bridgehead atoms. The van der Waals surface area contributed by atoms with E-state index in [1.54, 1.807) is 25.3 Å². The topological polar surface area (TPSA) is 69.9 Å². The van der Waals surface area contributed by atoms with Crippen molar-refractivity contribution < 1.29 is 14.3 Å². The summed E-state index contributed by atoms with van der Waals surface area (Å²) in [4.78, 5) is 32.1. The highest BCUT2D eigenvalue weighted by Gasteiger charge is 2.33. The molecule has 1 aliphatic heterocycles. The summed E-state index contributed by atoms with van der Waals surface area (Å²) in [6.07, 6.45) is 1.51. The van der Waals surface area contributed by atoms with E-state index >= 15 is 0 Å². The monoisotopic (exact) mass is 554 g/mol. The Hall–Kier alpha value is -2.97. The summed E-state index contributed by atoms with van der Waals surface area (Å²) in [6.45, 7) is 9.30. The number of carbonyl (C=O) groups excluding carboxylic acids is 1. The fourth-order valence-corrected chi connectivity index (χ4v) is 5.36. The predicted octanol–water partition coefficient (Wildman–Crippen LogP) is 4.74. The van der Waals surface area contributed by atoms with Crippen LogP contribution in [-0.4, -0.2) is 22.7 Å². The smallest absolute Gasteiger partial charge is 0.338 e. The van der Waals surface area contributed by atoms with E-state index in [0.29, 0.717) is 26.4 Å². The van der Waals surface area contributed by atoms with Gasteiger partial charge in [0.25, 0.3) is 5.56 Å². The molecular formula is C27H27BrN2O4S. The van der Waals surface area contributed by atoms with Crippen molar-refractivity contribution in [1.82, 2.24) is 4.57 Å². The average molecular weight is 555 g/mol. The number of nitrogens with zero attached hydrogens (tertiary/aromatic N) is 2. The zero-order chi connectivity index (χ0) is 25.3. The second-order valence-corrected chi connectivity index (χ2v) is 10.7. The largest absolute Gasteiger partial charge is 0.490 e. The number of allylic oxidation sites excluding steroid dienone is 1. The third-order valence-electron chi connectivity index (χ3n) is 5.32. The minimum atomic E-state index is -0.630. The summed E-state index contributed by atoms with van der Waals surface area (Å²) in [5.41, 5.74) is 2.29. The molecule has 0 amide bonds. The van der Waals surface area contributed by atoms with Crippen molar-refractivity contribution in [2.75, 3.05) is 0 Å². The standard InChI is InChI=1S/C27H27BrN2O4S/c1-15(2)33-21-12-11-20(28)13-19(21)14-22-25(31)30-24(18-9-7-6-8-10-18)23(26(32)34-16(3)4)17(5)29-27(30)35-22/h6-16,24H,1-5H3. The van der Waals surface area contributed by atoms with Gasteiger partial charge in [0, 0.05) is 10.0 Å². The van der Waals surface area contributed by atoms with Crippen LogP contribution < -0.4 is 19.6 Å². The first-order valence-electron chi connectivity index (χ1n) is 11.4. The number of hydrogen-bond acceptors (Lipinski definition) is 6. The van der Waals surface area contributed by atoms with E-state index in [1.807, 2.05) is 68.5 Å². The molecular weight excluding hydrogens is 528 g/mol. The molecule has 4 rings (SSSR count). The van der Waals surface area contributed by atoms with Crippen molar-refractivity contribution in [1.29, 1.82) is 0 Å². The second kappa shape index (κ2) is 10.3. The van der Waals surface area contributed by atoms with Gasteiger partial charge in [-0.15, -0.1) is 0 Å². The number of carbonyl (C=O) groups is 1. The minimum Gasteiger partial charge on any atom is -0.490 e. The highest BCUT2D eigenvalue weighted by Crippen LogP contribution is 2.31.